The summed E-state index contributed by atoms with van der Waals surface area (Å²) in [5.74, 6) is -0.249. The highest BCUT2D eigenvalue weighted by atomic mass is 16.5. The number of piperazine rings is 1. The fourth-order valence-corrected chi connectivity index (χ4v) is 1.67. The van der Waals surface area contributed by atoms with E-state index in [-0.39, 0.29) is 5.97 Å². The maximum Gasteiger partial charge on any atom is 0.330 e. The quantitative estimate of drug-likeness (QED) is 0.541. The van der Waals surface area contributed by atoms with E-state index in [0.29, 0.717) is 12.6 Å². The van der Waals surface area contributed by atoms with Crippen molar-refractivity contribution in [1.82, 2.24) is 10.2 Å². The van der Waals surface area contributed by atoms with Gasteiger partial charge in [0.05, 0.1) is 6.61 Å². The molecule has 1 saturated heterocycles. The topological polar surface area (TPSA) is 41.6 Å². The summed E-state index contributed by atoms with van der Waals surface area (Å²) >= 11 is 0. The molecule has 0 spiro atoms. The highest BCUT2D eigenvalue weighted by Crippen LogP contribution is 1.98. The van der Waals surface area contributed by atoms with Crippen molar-refractivity contribution in [3.05, 3.63) is 12.2 Å². The molecule has 1 aliphatic rings. The molecule has 0 saturated carbocycles. The molecule has 1 N–H and O–H groups in total. The molecule has 0 radical (unpaired) electrons. The number of carbonyl (C=O) groups is 1. The predicted octanol–water partition coefficient (Wildman–Crippen LogP) is 0.399. The first-order valence-electron chi connectivity index (χ1n) is 5.51. The molecule has 15 heavy (non-hydrogen) atoms. The van der Waals surface area contributed by atoms with Crippen LogP contribution in [0.5, 0.6) is 0 Å². The molecule has 1 atom stereocenters. The van der Waals surface area contributed by atoms with Crippen molar-refractivity contribution < 1.29 is 9.53 Å². The monoisotopic (exact) mass is 212 g/mol. The molecule has 0 aromatic carbocycles. The van der Waals surface area contributed by atoms with Gasteiger partial charge in [-0.3, -0.25) is 4.90 Å². The van der Waals surface area contributed by atoms with Crippen LogP contribution in [0.1, 0.15) is 13.8 Å². The Hall–Kier alpha value is -0.870. The first-order chi connectivity index (χ1) is 7.22. The van der Waals surface area contributed by atoms with Crippen molar-refractivity contribution in [3.8, 4) is 0 Å². The molecule has 1 unspecified atom stereocenters. The number of carbonyl (C=O) groups excluding carboxylic acids is 1. The largest absolute Gasteiger partial charge is 0.463 e. The Bertz CT molecular complexity index is 229. The van der Waals surface area contributed by atoms with Crippen molar-refractivity contribution in [3.63, 3.8) is 0 Å². The zero-order valence-electron chi connectivity index (χ0n) is 9.53. The lowest BCUT2D eigenvalue weighted by Crippen LogP contribution is -2.49. The summed E-state index contributed by atoms with van der Waals surface area (Å²) in [5.41, 5.74) is 0. The van der Waals surface area contributed by atoms with E-state index < -0.39 is 0 Å². The molecular formula is C11H20N2O2. The van der Waals surface area contributed by atoms with Gasteiger partial charge in [-0.25, -0.2) is 4.79 Å². The van der Waals surface area contributed by atoms with Crippen LogP contribution in [0.3, 0.4) is 0 Å². The van der Waals surface area contributed by atoms with Crippen LogP contribution >= 0.6 is 0 Å². The maximum absolute atomic E-state index is 11.0. The molecule has 0 bridgehead atoms. The van der Waals surface area contributed by atoms with Crippen molar-refractivity contribution in [2.45, 2.75) is 19.9 Å². The van der Waals surface area contributed by atoms with E-state index >= 15 is 0 Å². The van der Waals surface area contributed by atoms with Gasteiger partial charge in [-0.15, -0.1) is 0 Å². The van der Waals surface area contributed by atoms with E-state index in [2.05, 4.69) is 17.1 Å². The number of hydrogen-bond donors (Lipinski definition) is 1. The van der Waals surface area contributed by atoms with Crippen LogP contribution in [-0.2, 0) is 9.53 Å². The average Bonchev–Trinajstić information content (AvgIpc) is 2.18. The van der Waals surface area contributed by atoms with Gasteiger partial charge in [0.15, 0.2) is 0 Å². The predicted molar refractivity (Wildman–Crippen MR) is 59.7 cm³/mol. The van der Waals surface area contributed by atoms with E-state index in [1.807, 2.05) is 13.0 Å². The zero-order valence-corrected chi connectivity index (χ0v) is 9.53. The van der Waals surface area contributed by atoms with Crippen molar-refractivity contribution in [1.29, 1.82) is 0 Å². The van der Waals surface area contributed by atoms with E-state index in [1.165, 1.54) is 6.08 Å². The lowest BCUT2D eigenvalue weighted by Gasteiger charge is -2.30. The fourth-order valence-electron chi connectivity index (χ4n) is 1.67. The summed E-state index contributed by atoms with van der Waals surface area (Å²) in [4.78, 5) is 13.3. The SMILES string of the molecule is CCOC(=O)/C=C/CN1CCNC(C)C1. The van der Waals surface area contributed by atoms with E-state index in [0.717, 1.165) is 26.2 Å². The molecule has 4 nitrogen and oxygen atoms in total. The Balaban J connectivity index is 2.20. The lowest BCUT2D eigenvalue weighted by molar-refractivity contribution is -0.137. The van der Waals surface area contributed by atoms with Gasteiger partial charge >= 0.3 is 5.97 Å². The van der Waals surface area contributed by atoms with Gasteiger partial charge in [0.2, 0.25) is 0 Å². The van der Waals surface area contributed by atoms with Crippen LogP contribution in [0.4, 0.5) is 0 Å². The summed E-state index contributed by atoms with van der Waals surface area (Å²) in [7, 11) is 0. The highest BCUT2D eigenvalue weighted by Gasteiger charge is 2.13. The first kappa shape index (κ1) is 12.2. The van der Waals surface area contributed by atoms with E-state index in [1.54, 1.807) is 0 Å². The minimum Gasteiger partial charge on any atom is -0.463 e. The highest BCUT2D eigenvalue weighted by molar-refractivity contribution is 5.81. The number of esters is 1. The van der Waals surface area contributed by atoms with E-state index in [9.17, 15) is 4.79 Å². The molecular weight excluding hydrogens is 192 g/mol. The molecule has 1 aliphatic heterocycles. The molecule has 0 aliphatic carbocycles. The van der Waals surface area contributed by atoms with Crippen LogP contribution in [0, 0.1) is 0 Å². The number of hydrogen-bond acceptors (Lipinski definition) is 4. The second-order valence-corrected chi connectivity index (χ2v) is 3.77. The molecule has 1 rings (SSSR count). The fraction of sp³-hybridized carbons (Fsp3) is 0.727. The Morgan fingerprint density at radius 3 is 3.13 bits per heavy atom. The standard InChI is InChI=1S/C11H20N2O2/c1-3-15-11(14)5-4-7-13-8-6-12-10(2)9-13/h4-5,10,12H,3,6-9H2,1-2H3/b5-4+. The Morgan fingerprint density at radius 2 is 2.47 bits per heavy atom. The maximum atomic E-state index is 11.0. The third kappa shape index (κ3) is 4.95. The van der Waals surface area contributed by atoms with Crippen LogP contribution in [0.2, 0.25) is 0 Å². The summed E-state index contributed by atoms with van der Waals surface area (Å²) in [6, 6.07) is 0.537. The summed E-state index contributed by atoms with van der Waals surface area (Å²) in [6.45, 7) is 8.34. The Kier molecular flexibility index (Phi) is 5.36. The van der Waals surface area contributed by atoms with Crippen LogP contribution in [0.15, 0.2) is 12.2 Å². The van der Waals surface area contributed by atoms with Gasteiger partial charge in [0.25, 0.3) is 0 Å². The molecule has 0 aromatic rings. The van der Waals surface area contributed by atoms with Gasteiger partial charge in [-0.05, 0) is 13.8 Å². The van der Waals surface area contributed by atoms with Gasteiger partial charge in [-0.2, -0.15) is 0 Å². The summed E-state index contributed by atoms with van der Waals surface area (Å²) < 4.78 is 4.80. The Labute approximate surface area is 91.3 Å². The second kappa shape index (κ2) is 6.58. The number of nitrogens with zero attached hydrogens (tertiary/aromatic N) is 1. The third-order valence-corrected chi connectivity index (χ3v) is 2.36. The average molecular weight is 212 g/mol. The third-order valence-electron chi connectivity index (χ3n) is 2.36. The van der Waals surface area contributed by atoms with E-state index in [4.69, 9.17) is 4.74 Å². The summed E-state index contributed by atoms with van der Waals surface area (Å²) in [5, 5.41) is 3.37. The minimum atomic E-state index is -0.249. The first-order valence-corrected chi connectivity index (χ1v) is 5.51. The summed E-state index contributed by atoms with van der Waals surface area (Å²) in [6.07, 6.45) is 3.38. The molecule has 1 heterocycles. The molecule has 1 fully saturated rings. The number of rotatable bonds is 4. The zero-order chi connectivity index (χ0) is 11.1. The van der Waals surface area contributed by atoms with Gasteiger partial charge in [0.1, 0.15) is 0 Å². The van der Waals surface area contributed by atoms with Gasteiger partial charge in [-0.1, -0.05) is 6.08 Å². The molecule has 0 aromatic heterocycles. The Morgan fingerprint density at radius 1 is 1.67 bits per heavy atom. The van der Waals surface area contributed by atoms with Crippen LogP contribution in [-0.4, -0.2) is 49.7 Å². The molecule has 86 valence electrons. The van der Waals surface area contributed by atoms with Crippen LogP contribution < -0.4 is 5.32 Å². The van der Waals surface area contributed by atoms with Gasteiger partial charge in [0, 0.05) is 38.3 Å². The lowest BCUT2D eigenvalue weighted by atomic mass is 10.2. The molecule has 0 amide bonds. The molecule has 4 heteroatoms. The number of nitrogens with one attached hydrogen (secondary N) is 1. The van der Waals surface area contributed by atoms with Crippen molar-refractivity contribution in [2.24, 2.45) is 0 Å². The van der Waals surface area contributed by atoms with Crippen LogP contribution in [0.25, 0.3) is 0 Å². The normalized spacial score (nSPS) is 23.2. The van der Waals surface area contributed by atoms with Crippen molar-refractivity contribution >= 4 is 5.97 Å². The number of ether oxygens (including phenoxy) is 1. The van der Waals surface area contributed by atoms with Crippen molar-refractivity contribution in [2.75, 3.05) is 32.8 Å². The minimum absolute atomic E-state index is 0.249. The second-order valence-electron chi connectivity index (χ2n) is 3.77. The smallest absolute Gasteiger partial charge is 0.330 e. The van der Waals surface area contributed by atoms with Gasteiger partial charge < -0.3 is 10.1 Å².